The molecule has 22 heavy (non-hydrogen) atoms. The average Bonchev–Trinajstić information content (AvgIpc) is 3.00. The van der Waals surface area contributed by atoms with Crippen LogP contribution in [0.2, 0.25) is 0 Å². The van der Waals surface area contributed by atoms with Crippen LogP contribution in [-0.4, -0.2) is 27.3 Å². The molecule has 0 N–H and O–H groups in total. The summed E-state index contributed by atoms with van der Waals surface area (Å²) in [4.78, 5) is 22.1. The van der Waals surface area contributed by atoms with Crippen LogP contribution in [0.1, 0.15) is 31.5 Å². The molecule has 1 fully saturated rings. The summed E-state index contributed by atoms with van der Waals surface area (Å²) in [7, 11) is 0. The highest BCUT2D eigenvalue weighted by Gasteiger charge is 2.31. The van der Waals surface area contributed by atoms with E-state index in [9.17, 15) is 13.6 Å². The smallest absolute Gasteiger partial charge is 0.220 e. The Hall–Kier alpha value is -2.37. The molecular formula is C16H15F2N3O. The predicted octanol–water partition coefficient (Wildman–Crippen LogP) is 3.11. The van der Waals surface area contributed by atoms with Crippen molar-refractivity contribution in [2.75, 3.05) is 6.54 Å². The molecule has 0 unspecified atom stereocenters. The normalized spacial score (nSPS) is 17.8. The second kappa shape index (κ2) is 5.79. The Morgan fingerprint density at radius 1 is 1.23 bits per heavy atom. The minimum absolute atomic E-state index is 0.0237. The average molecular weight is 303 g/mol. The summed E-state index contributed by atoms with van der Waals surface area (Å²) in [5.41, 5.74) is 1.57. The molecule has 2 aromatic rings. The number of hydrogen-bond acceptors (Lipinski definition) is 3. The van der Waals surface area contributed by atoms with E-state index in [1.54, 1.807) is 11.1 Å². The van der Waals surface area contributed by atoms with E-state index in [1.165, 1.54) is 19.2 Å². The van der Waals surface area contributed by atoms with Crippen molar-refractivity contribution in [3.63, 3.8) is 0 Å². The fraction of sp³-hybridized carbons (Fsp3) is 0.312. The van der Waals surface area contributed by atoms with Gasteiger partial charge in [0.25, 0.3) is 0 Å². The fourth-order valence-electron chi connectivity index (χ4n) is 2.89. The van der Waals surface area contributed by atoms with Gasteiger partial charge in [0.15, 0.2) is 11.6 Å². The van der Waals surface area contributed by atoms with Crippen LogP contribution in [-0.2, 0) is 4.79 Å². The Bertz CT molecular complexity index is 720. The number of rotatable bonds is 2. The van der Waals surface area contributed by atoms with Crippen LogP contribution < -0.4 is 0 Å². The Morgan fingerprint density at radius 3 is 2.73 bits per heavy atom. The van der Waals surface area contributed by atoms with E-state index in [1.807, 2.05) is 0 Å². The van der Waals surface area contributed by atoms with Crippen molar-refractivity contribution in [3.05, 3.63) is 47.9 Å². The molecule has 1 aliphatic rings. The Morgan fingerprint density at radius 2 is 2.00 bits per heavy atom. The second-order valence-corrected chi connectivity index (χ2v) is 5.29. The zero-order valence-electron chi connectivity index (χ0n) is 12.1. The zero-order valence-corrected chi connectivity index (χ0v) is 12.1. The highest BCUT2D eigenvalue weighted by molar-refractivity contribution is 5.74. The van der Waals surface area contributed by atoms with E-state index < -0.39 is 11.6 Å². The minimum Gasteiger partial charge on any atom is -0.334 e. The first kappa shape index (κ1) is 14.6. The third-order valence-corrected chi connectivity index (χ3v) is 3.89. The monoisotopic (exact) mass is 303 g/mol. The number of nitrogens with zero attached hydrogens (tertiary/aromatic N) is 3. The maximum atomic E-state index is 13.5. The number of aromatic nitrogens is 2. The van der Waals surface area contributed by atoms with Gasteiger partial charge in [0.05, 0.1) is 17.4 Å². The molecule has 2 heterocycles. The molecule has 1 saturated heterocycles. The number of hydrogen-bond donors (Lipinski definition) is 0. The van der Waals surface area contributed by atoms with Crippen LogP contribution in [0.25, 0.3) is 11.3 Å². The van der Waals surface area contributed by atoms with Crippen molar-refractivity contribution in [3.8, 4) is 11.3 Å². The van der Waals surface area contributed by atoms with Crippen LogP contribution in [0.5, 0.6) is 0 Å². The van der Waals surface area contributed by atoms with Gasteiger partial charge in [-0.05, 0) is 31.0 Å². The molecule has 114 valence electrons. The number of halogens is 2. The van der Waals surface area contributed by atoms with Gasteiger partial charge in [-0.15, -0.1) is 0 Å². The van der Waals surface area contributed by atoms with Crippen molar-refractivity contribution in [1.82, 2.24) is 14.9 Å². The van der Waals surface area contributed by atoms with E-state index in [0.29, 0.717) is 23.5 Å². The molecule has 0 saturated carbocycles. The lowest BCUT2D eigenvalue weighted by atomic mass is 10.0. The Labute approximate surface area is 126 Å². The third-order valence-electron chi connectivity index (χ3n) is 3.89. The van der Waals surface area contributed by atoms with Crippen LogP contribution in [0.4, 0.5) is 8.78 Å². The van der Waals surface area contributed by atoms with Gasteiger partial charge in [-0.2, -0.15) is 0 Å². The first-order chi connectivity index (χ1) is 10.6. The van der Waals surface area contributed by atoms with Gasteiger partial charge >= 0.3 is 0 Å². The molecule has 1 aliphatic heterocycles. The van der Waals surface area contributed by atoms with Crippen molar-refractivity contribution in [2.45, 2.75) is 25.8 Å². The molecular weight excluding hydrogens is 288 g/mol. The number of likely N-dealkylation sites (tertiary alicyclic amines) is 1. The van der Waals surface area contributed by atoms with E-state index in [2.05, 4.69) is 9.97 Å². The maximum absolute atomic E-state index is 13.5. The van der Waals surface area contributed by atoms with Gasteiger partial charge in [0.1, 0.15) is 0 Å². The molecule has 4 nitrogen and oxygen atoms in total. The van der Waals surface area contributed by atoms with Crippen molar-refractivity contribution in [2.24, 2.45) is 0 Å². The first-order valence-corrected chi connectivity index (χ1v) is 7.11. The van der Waals surface area contributed by atoms with E-state index in [-0.39, 0.29) is 11.9 Å². The van der Waals surface area contributed by atoms with Gasteiger partial charge in [0.2, 0.25) is 5.91 Å². The lowest BCUT2D eigenvalue weighted by Gasteiger charge is -2.24. The van der Waals surface area contributed by atoms with Gasteiger partial charge in [-0.1, -0.05) is 0 Å². The first-order valence-electron chi connectivity index (χ1n) is 7.11. The van der Waals surface area contributed by atoms with E-state index >= 15 is 0 Å². The van der Waals surface area contributed by atoms with Crippen molar-refractivity contribution >= 4 is 5.91 Å². The predicted molar refractivity (Wildman–Crippen MR) is 76.7 cm³/mol. The molecule has 0 radical (unpaired) electrons. The van der Waals surface area contributed by atoms with Crippen LogP contribution >= 0.6 is 0 Å². The van der Waals surface area contributed by atoms with E-state index in [4.69, 9.17) is 0 Å². The lowest BCUT2D eigenvalue weighted by Crippen LogP contribution is -2.29. The fourth-order valence-corrected chi connectivity index (χ4v) is 2.89. The van der Waals surface area contributed by atoms with Crippen LogP contribution in [0.3, 0.4) is 0 Å². The van der Waals surface area contributed by atoms with Gasteiger partial charge in [-0.25, -0.2) is 8.78 Å². The molecule has 1 aromatic carbocycles. The number of carbonyl (C=O) groups is 1. The number of carbonyl (C=O) groups excluding carboxylic acids is 1. The SMILES string of the molecule is CC(=O)N1CCC[C@@H]1c1nccnc1-c1ccc(F)c(F)c1. The molecule has 6 heteroatoms. The molecule has 1 amide bonds. The quantitative estimate of drug-likeness (QED) is 0.856. The molecule has 1 atom stereocenters. The molecule has 1 aromatic heterocycles. The maximum Gasteiger partial charge on any atom is 0.220 e. The van der Waals surface area contributed by atoms with E-state index in [0.717, 1.165) is 25.0 Å². The molecule has 3 rings (SSSR count). The number of benzene rings is 1. The summed E-state index contributed by atoms with van der Waals surface area (Å²) in [6.45, 7) is 2.19. The highest BCUT2D eigenvalue weighted by atomic mass is 19.2. The Kier molecular flexibility index (Phi) is 3.83. The largest absolute Gasteiger partial charge is 0.334 e. The highest BCUT2D eigenvalue weighted by Crippen LogP contribution is 2.35. The molecule has 0 bridgehead atoms. The summed E-state index contributed by atoms with van der Waals surface area (Å²) < 4.78 is 26.6. The van der Waals surface area contributed by atoms with Crippen molar-refractivity contribution in [1.29, 1.82) is 0 Å². The summed E-state index contributed by atoms with van der Waals surface area (Å²) in [6, 6.07) is 3.48. The van der Waals surface area contributed by atoms with Crippen LogP contribution in [0, 0.1) is 11.6 Å². The second-order valence-electron chi connectivity index (χ2n) is 5.29. The van der Waals surface area contributed by atoms with Gasteiger partial charge in [-0.3, -0.25) is 14.8 Å². The standard InChI is InChI=1S/C16H15F2N3O/c1-10(22)21-8-2-3-14(21)16-15(19-6-7-20-16)11-4-5-12(17)13(18)9-11/h4-7,9,14H,2-3,8H2,1H3/t14-/m1/s1. The lowest BCUT2D eigenvalue weighted by molar-refractivity contribution is -0.129. The van der Waals surface area contributed by atoms with Crippen molar-refractivity contribution < 1.29 is 13.6 Å². The van der Waals surface area contributed by atoms with Crippen LogP contribution in [0.15, 0.2) is 30.6 Å². The molecule has 0 aliphatic carbocycles. The summed E-state index contributed by atoms with van der Waals surface area (Å²) in [5.74, 6) is -1.85. The minimum atomic E-state index is -0.927. The molecule has 0 spiro atoms. The summed E-state index contributed by atoms with van der Waals surface area (Å²) >= 11 is 0. The summed E-state index contributed by atoms with van der Waals surface area (Å²) in [5, 5.41) is 0. The topological polar surface area (TPSA) is 46.1 Å². The Balaban J connectivity index is 2.06. The summed E-state index contributed by atoms with van der Waals surface area (Å²) in [6.07, 6.45) is 4.73. The zero-order chi connectivity index (χ0) is 15.7. The number of amides is 1. The third kappa shape index (κ3) is 2.56. The van der Waals surface area contributed by atoms with Gasteiger partial charge < -0.3 is 4.90 Å². The van der Waals surface area contributed by atoms with Gasteiger partial charge in [0, 0.05) is 31.4 Å².